The summed E-state index contributed by atoms with van der Waals surface area (Å²) in [4.78, 5) is 24.3. The molecule has 24 heavy (non-hydrogen) atoms. The van der Waals surface area contributed by atoms with Crippen LogP contribution in [-0.4, -0.2) is 39.9 Å². The number of nitrogens with one attached hydrogen (secondary N) is 1. The molecule has 126 valence electrons. The Bertz CT molecular complexity index is 698. The second kappa shape index (κ2) is 6.99. The van der Waals surface area contributed by atoms with Gasteiger partial charge in [-0.1, -0.05) is 6.42 Å². The van der Waals surface area contributed by atoms with Gasteiger partial charge in [-0.15, -0.1) is 11.3 Å². The molecule has 0 unspecified atom stereocenters. The van der Waals surface area contributed by atoms with E-state index >= 15 is 0 Å². The number of amides is 1. The third-order valence-corrected chi connectivity index (χ3v) is 6.13. The number of likely N-dealkylation sites (tertiary alicyclic amines) is 1. The molecule has 1 saturated heterocycles. The molecule has 0 bridgehead atoms. The molecule has 1 N–H and O–H groups in total. The van der Waals surface area contributed by atoms with E-state index in [4.69, 9.17) is 0 Å². The number of rotatable bonds is 5. The number of hydrogen-bond acceptors (Lipinski definition) is 5. The maximum atomic E-state index is 12.4. The second-order valence-corrected chi connectivity index (χ2v) is 7.80. The van der Waals surface area contributed by atoms with Crippen molar-refractivity contribution in [2.75, 3.05) is 13.1 Å². The predicted molar refractivity (Wildman–Crippen MR) is 94.1 cm³/mol. The zero-order valence-electron chi connectivity index (χ0n) is 13.6. The van der Waals surface area contributed by atoms with Gasteiger partial charge >= 0.3 is 0 Å². The SMILES string of the molecule is O=C(c1cccnc1)N1CC[C@@H](NCc2cnc(C3CCC3)s2)C1. The Balaban J connectivity index is 1.28. The molecule has 1 atom stereocenters. The van der Waals surface area contributed by atoms with Gasteiger partial charge in [-0.3, -0.25) is 9.78 Å². The van der Waals surface area contributed by atoms with Gasteiger partial charge in [-0.25, -0.2) is 4.98 Å². The predicted octanol–water partition coefficient (Wildman–Crippen LogP) is 2.81. The molecule has 1 saturated carbocycles. The van der Waals surface area contributed by atoms with Crippen molar-refractivity contribution in [1.29, 1.82) is 0 Å². The van der Waals surface area contributed by atoms with Crippen LogP contribution >= 0.6 is 11.3 Å². The molecule has 0 aromatic carbocycles. The van der Waals surface area contributed by atoms with Crippen molar-refractivity contribution < 1.29 is 4.79 Å². The van der Waals surface area contributed by atoms with Crippen molar-refractivity contribution in [2.24, 2.45) is 0 Å². The molecule has 5 nitrogen and oxygen atoms in total. The Morgan fingerprint density at radius 1 is 1.33 bits per heavy atom. The molecule has 2 fully saturated rings. The van der Waals surface area contributed by atoms with E-state index in [1.807, 2.05) is 34.6 Å². The van der Waals surface area contributed by atoms with Crippen LogP contribution in [0.3, 0.4) is 0 Å². The highest BCUT2D eigenvalue weighted by molar-refractivity contribution is 7.11. The van der Waals surface area contributed by atoms with Crippen LogP contribution in [0.1, 0.15) is 51.8 Å². The van der Waals surface area contributed by atoms with Gasteiger partial charge in [-0.2, -0.15) is 0 Å². The zero-order chi connectivity index (χ0) is 16.4. The van der Waals surface area contributed by atoms with E-state index in [-0.39, 0.29) is 5.91 Å². The minimum absolute atomic E-state index is 0.0810. The Labute approximate surface area is 146 Å². The molecule has 2 aromatic heterocycles. The molecule has 1 aliphatic carbocycles. The van der Waals surface area contributed by atoms with Gasteiger partial charge in [0, 0.05) is 55.1 Å². The van der Waals surface area contributed by atoms with Crippen LogP contribution in [0, 0.1) is 0 Å². The summed E-state index contributed by atoms with van der Waals surface area (Å²) in [7, 11) is 0. The van der Waals surface area contributed by atoms with E-state index < -0.39 is 0 Å². The van der Waals surface area contributed by atoms with Gasteiger partial charge in [0.15, 0.2) is 0 Å². The second-order valence-electron chi connectivity index (χ2n) is 6.65. The fraction of sp³-hybridized carbons (Fsp3) is 0.500. The summed E-state index contributed by atoms with van der Waals surface area (Å²) in [6, 6.07) is 4.00. The van der Waals surface area contributed by atoms with Crippen molar-refractivity contribution in [3.63, 3.8) is 0 Å². The average molecular weight is 342 g/mol. The fourth-order valence-electron chi connectivity index (χ4n) is 3.28. The summed E-state index contributed by atoms with van der Waals surface area (Å²) in [6.07, 6.45) is 10.3. The minimum atomic E-state index is 0.0810. The van der Waals surface area contributed by atoms with Gasteiger partial charge in [0.25, 0.3) is 5.91 Å². The Kier molecular flexibility index (Phi) is 4.58. The summed E-state index contributed by atoms with van der Waals surface area (Å²) in [5.74, 6) is 0.792. The first-order valence-corrected chi connectivity index (χ1v) is 9.48. The van der Waals surface area contributed by atoms with Gasteiger partial charge in [-0.05, 0) is 31.4 Å². The van der Waals surface area contributed by atoms with Crippen LogP contribution in [0.5, 0.6) is 0 Å². The maximum Gasteiger partial charge on any atom is 0.255 e. The summed E-state index contributed by atoms with van der Waals surface area (Å²) in [5.41, 5.74) is 0.672. The van der Waals surface area contributed by atoms with Gasteiger partial charge < -0.3 is 10.2 Å². The lowest BCUT2D eigenvalue weighted by Crippen LogP contribution is -2.34. The maximum absolute atomic E-state index is 12.4. The van der Waals surface area contributed by atoms with E-state index in [1.54, 1.807) is 12.4 Å². The monoisotopic (exact) mass is 342 g/mol. The molecule has 0 radical (unpaired) electrons. The highest BCUT2D eigenvalue weighted by atomic mass is 32.1. The van der Waals surface area contributed by atoms with Crippen LogP contribution in [0.25, 0.3) is 0 Å². The Hall–Kier alpha value is -1.79. The lowest BCUT2D eigenvalue weighted by Gasteiger charge is -2.22. The quantitative estimate of drug-likeness (QED) is 0.908. The zero-order valence-corrected chi connectivity index (χ0v) is 14.5. The molecule has 1 aliphatic heterocycles. The highest BCUT2D eigenvalue weighted by Crippen LogP contribution is 2.38. The highest BCUT2D eigenvalue weighted by Gasteiger charge is 2.27. The summed E-state index contributed by atoms with van der Waals surface area (Å²) in [5, 5.41) is 4.89. The van der Waals surface area contributed by atoms with Crippen LogP contribution in [0.4, 0.5) is 0 Å². The third-order valence-electron chi connectivity index (χ3n) is 4.97. The Morgan fingerprint density at radius 3 is 3.00 bits per heavy atom. The normalized spacial score (nSPS) is 21.0. The number of carbonyl (C=O) groups is 1. The van der Waals surface area contributed by atoms with Crippen molar-refractivity contribution in [2.45, 2.75) is 44.2 Å². The van der Waals surface area contributed by atoms with E-state index in [0.717, 1.165) is 26.1 Å². The first kappa shape index (κ1) is 15.7. The van der Waals surface area contributed by atoms with Crippen molar-refractivity contribution in [3.8, 4) is 0 Å². The van der Waals surface area contributed by atoms with Crippen molar-refractivity contribution in [3.05, 3.63) is 46.2 Å². The third kappa shape index (κ3) is 3.35. The van der Waals surface area contributed by atoms with Crippen LogP contribution in [0.2, 0.25) is 0 Å². The molecule has 3 heterocycles. The van der Waals surface area contributed by atoms with E-state index in [9.17, 15) is 4.79 Å². The molecule has 2 aliphatic rings. The van der Waals surface area contributed by atoms with Crippen LogP contribution < -0.4 is 5.32 Å². The van der Waals surface area contributed by atoms with E-state index in [2.05, 4.69) is 15.3 Å². The lowest BCUT2D eigenvalue weighted by molar-refractivity contribution is 0.0789. The first-order chi connectivity index (χ1) is 11.8. The molecule has 0 spiro atoms. The summed E-state index contributed by atoms with van der Waals surface area (Å²) < 4.78 is 0. The minimum Gasteiger partial charge on any atom is -0.337 e. The fourth-order valence-corrected chi connectivity index (χ4v) is 4.31. The number of aromatic nitrogens is 2. The van der Waals surface area contributed by atoms with E-state index in [1.165, 1.54) is 29.1 Å². The largest absolute Gasteiger partial charge is 0.337 e. The van der Waals surface area contributed by atoms with Gasteiger partial charge in [0.05, 0.1) is 10.6 Å². The van der Waals surface area contributed by atoms with Gasteiger partial charge in [0.1, 0.15) is 0 Å². The topological polar surface area (TPSA) is 58.1 Å². The first-order valence-electron chi connectivity index (χ1n) is 8.67. The lowest BCUT2D eigenvalue weighted by atomic mass is 9.86. The standard InChI is InChI=1S/C18H22N4OS/c23-18(14-5-2-7-19-9-14)22-8-6-15(12-22)20-10-16-11-21-17(24-16)13-3-1-4-13/h2,5,7,9,11,13,15,20H,1,3-4,6,8,10,12H2/t15-/m1/s1. The molecule has 2 aromatic rings. The smallest absolute Gasteiger partial charge is 0.255 e. The molecule has 6 heteroatoms. The number of thiazole rings is 1. The summed E-state index contributed by atoms with van der Waals surface area (Å²) in [6.45, 7) is 2.42. The van der Waals surface area contributed by atoms with Crippen molar-refractivity contribution >= 4 is 17.2 Å². The number of carbonyl (C=O) groups excluding carboxylic acids is 1. The molecule has 1 amide bonds. The number of nitrogens with zero attached hydrogens (tertiary/aromatic N) is 3. The van der Waals surface area contributed by atoms with E-state index in [0.29, 0.717) is 17.5 Å². The van der Waals surface area contributed by atoms with Crippen LogP contribution in [-0.2, 0) is 6.54 Å². The van der Waals surface area contributed by atoms with Crippen LogP contribution in [0.15, 0.2) is 30.7 Å². The summed E-state index contributed by atoms with van der Waals surface area (Å²) >= 11 is 1.84. The van der Waals surface area contributed by atoms with Crippen molar-refractivity contribution in [1.82, 2.24) is 20.2 Å². The molecule has 4 rings (SSSR count). The number of hydrogen-bond donors (Lipinski definition) is 1. The van der Waals surface area contributed by atoms with Gasteiger partial charge in [0.2, 0.25) is 0 Å². The number of pyridine rings is 1. The Morgan fingerprint density at radius 2 is 2.25 bits per heavy atom. The molecular weight excluding hydrogens is 320 g/mol. The molecular formula is C18H22N4OS. The average Bonchev–Trinajstić information content (AvgIpc) is 3.21.